The first-order chi connectivity index (χ1) is 11.6. The zero-order chi connectivity index (χ0) is 20.7. The van der Waals surface area contributed by atoms with E-state index in [4.69, 9.17) is 9.47 Å². The predicted molar refractivity (Wildman–Crippen MR) is 100 cm³/mol. The van der Waals surface area contributed by atoms with Crippen LogP contribution in [0.15, 0.2) is 11.8 Å². The van der Waals surface area contributed by atoms with Crippen LogP contribution in [0.1, 0.15) is 62.3 Å². The van der Waals surface area contributed by atoms with Gasteiger partial charge in [-0.1, -0.05) is 13.8 Å². The first-order valence-corrected chi connectivity index (χ1v) is 8.78. The first kappa shape index (κ1) is 23.9. The van der Waals surface area contributed by atoms with Crippen molar-refractivity contribution in [2.75, 3.05) is 6.54 Å². The van der Waals surface area contributed by atoms with Crippen molar-refractivity contribution >= 4 is 17.8 Å². The number of carbonyl (C=O) groups excluding carboxylic acids is 3. The van der Waals surface area contributed by atoms with Crippen molar-refractivity contribution in [1.82, 2.24) is 10.6 Å². The average molecular weight is 370 g/mol. The summed E-state index contributed by atoms with van der Waals surface area (Å²) in [5, 5.41) is 5.46. The van der Waals surface area contributed by atoms with E-state index in [0.717, 1.165) is 0 Å². The maximum Gasteiger partial charge on any atom is 0.329 e. The third-order valence-corrected chi connectivity index (χ3v) is 2.89. The number of ether oxygens (including phenoxy) is 2. The Hall–Kier alpha value is -2.05. The lowest BCUT2D eigenvalue weighted by atomic mass is 10.0. The van der Waals surface area contributed by atoms with Gasteiger partial charge in [0, 0.05) is 11.8 Å². The van der Waals surface area contributed by atoms with Crippen molar-refractivity contribution in [3.63, 3.8) is 0 Å². The van der Waals surface area contributed by atoms with E-state index in [1.807, 2.05) is 13.8 Å². The lowest BCUT2D eigenvalue weighted by Crippen LogP contribution is -2.44. The molecule has 0 aliphatic rings. The Bertz CT molecular complexity index is 539. The summed E-state index contributed by atoms with van der Waals surface area (Å²) in [4.78, 5) is 35.8. The van der Waals surface area contributed by atoms with Gasteiger partial charge in [-0.2, -0.15) is 0 Å². The second-order valence-corrected chi connectivity index (χ2v) is 8.53. The first-order valence-electron chi connectivity index (χ1n) is 8.78. The van der Waals surface area contributed by atoms with E-state index in [-0.39, 0.29) is 18.4 Å². The van der Waals surface area contributed by atoms with Gasteiger partial charge in [-0.15, -0.1) is 0 Å². The van der Waals surface area contributed by atoms with Gasteiger partial charge in [0.15, 0.2) is 0 Å². The smallest absolute Gasteiger partial charge is 0.329 e. The highest BCUT2D eigenvalue weighted by Gasteiger charge is 2.27. The standard InChI is InChI=1S/C19H34N2O5/c1-12(2)16(17(24)26-19(7,8)9)21-13(3)10-14(22)20-11-15(23)25-18(4,5)6/h10,12,16,21H,11H2,1-9H3,(H,20,22)/t16-/m0/s1. The molecule has 0 unspecified atom stereocenters. The lowest BCUT2D eigenvalue weighted by Gasteiger charge is -2.27. The van der Waals surface area contributed by atoms with Crippen molar-refractivity contribution in [1.29, 1.82) is 0 Å². The van der Waals surface area contributed by atoms with Gasteiger partial charge in [-0.25, -0.2) is 4.79 Å². The summed E-state index contributed by atoms with van der Waals surface area (Å²) in [6.45, 7) is 15.9. The SMILES string of the molecule is CC(=CC(=O)NCC(=O)OC(C)(C)C)N[C@H](C(=O)OC(C)(C)C)C(C)C. The molecule has 0 radical (unpaired) electrons. The molecule has 26 heavy (non-hydrogen) atoms. The number of hydrogen-bond donors (Lipinski definition) is 2. The van der Waals surface area contributed by atoms with Crippen LogP contribution in [-0.4, -0.2) is 41.6 Å². The number of hydrogen-bond acceptors (Lipinski definition) is 6. The highest BCUT2D eigenvalue weighted by Crippen LogP contribution is 2.13. The number of carbonyl (C=O) groups is 3. The van der Waals surface area contributed by atoms with Crippen molar-refractivity contribution in [2.45, 2.75) is 79.6 Å². The van der Waals surface area contributed by atoms with Gasteiger partial charge in [-0.3, -0.25) is 9.59 Å². The maximum absolute atomic E-state index is 12.3. The van der Waals surface area contributed by atoms with Crippen LogP contribution in [0.4, 0.5) is 0 Å². The molecule has 150 valence electrons. The number of esters is 2. The van der Waals surface area contributed by atoms with E-state index in [1.54, 1.807) is 48.5 Å². The summed E-state index contributed by atoms with van der Waals surface area (Å²) in [5.74, 6) is -1.38. The molecule has 1 atom stereocenters. The summed E-state index contributed by atoms with van der Waals surface area (Å²) in [7, 11) is 0. The van der Waals surface area contributed by atoms with E-state index < -0.39 is 29.1 Å². The zero-order valence-electron chi connectivity index (χ0n) is 17.5. The van der Waals surface area contributed by atoms with E-state index in [9.17, 15) is 14.4 Å². The molecule has 0 heterocycles. The Morgan fingerprint density at radius 1 is 0.962 bits per heavy atom. The molecule has 0 aliphatic heterocycles. The van der Waals surface area contributed by atoms with Crippen molar-refractivity contribution < 1.29 is 23.9 Å². The Morgan fingerprint density at radius 2 is 1.46 bits per heavy atom. The summed E-state index contributed by atoms with van der Waals surface area (Å²) in [5.41, 5.74) is -0.697. The molecule has 2 N–H and O–H groups in total. The van der Waals surface area contributed by atoms with Gasteiger partial charge in [0.05, 0.1) is 0 Å². The largest absolute Gasteiger partial charge is 0.459 e. The molecule has 0 saturated carbocycles. The minimum atomic E-state index is -0.604. The monoisotopic (exact) mass is 370 g/mol. The normalized spacial score (nSPS) is 13.8. The van der Waals surface area contributed by atoms with Crippen LogP contribution in [0.3, 0.4) is 0 Å². The molecular weight excluding hydrogens is 336 g/mol. The third kappa shape index (κ3) is 11.5. The van der Waals surface area contributed by atoms with Crippen LogP contribution in [0.5, 0.6) is 0 Å². The fourth-order valence-electron chi connectivity index (χ4n) is 1.93. The quantitative estimate of drug-likeness (QED) is 0.528. The van der Waals surface area contributed by atoms with Gasteiger partial charge in [-0.05, 0) is 54.4 Å². The second kappa shape index (κ2) is 9.59. The minimum Gasteiger partial charge on any atom is -0.459 e. The summed E-state index contributed by atoms with van der Waals surface area (Å²) < 4.78 is 10.5. The molecule has 7 nitrogen and oxygen atoms in total. The van der Waals surface area contributed by atoms with Crippen molar-refractivity contribution in [3.8, 4) is 0 Å². The van der Waals surface area contributed by atoms with E-state index in [1.165, 1.54) is 6.08 Å². The van der Waals surface area contributed by atoms with Crippen LogP contribution in [0.2, 0.25) is 0 Å². The Kier molecular flexibility index (Phi) is 8.84. The number of allylic oxidation sites excluding steroid dienone is 1. The second-order valence-electron chi connectivity index (χ2n) is 8.53. The molecule has 0 fully saturated rings. The highest BCUT2D eigenvalue weighted by atomic mass is 16.6. The van der Waals surface area contributed by atoms with E-state index in [0.29, 0.717) is 5.70 Å². The van der Waals surface area contributed by atoms with Crippen molar-refractivity contribution in [2.24, 2.45) is 5.92 Å². The summed E-state index contributed by atoms with van der Waals surface area (Å²) >= 11 is 0. The third-order valence-electron chi connectivity index (χ3n) is 2.89. The van der Waals surface area contributed by atoms with Gasteiger partial charge < -0.3 is 20.1 Å². The van der Waals surface area contributed by atoms with Gasteiger partial charge >= 0.3 is 11.9 Å². The minimum absolute atomic E-state index is 0.0296. The van der Waals surface area contributed by atoms with Gasteiger partial charge in [0.2, 0.25) is 5.91 Å². The van der Waals surface area contributed by atoms with Crippen LogP contribution >= 0.6 is 0 Å². The Morgan fingerprint density at radius 3 is 1.88 bits per heavy atom. The molecule has 0 aromatic rings. The van der Waals surface area contributed by atoms with Crippen LogP contribution in [-0.2, 0) is 23.9 Å². The molecule has 7 heteroatoms. The van der Waals surface area contributed by atoms with Crippen LogP contribution in [0.25, 0.3) is 0 Å². The predicted octanol–water partition coefficient (Wildman–Crippen LogP) is 2.30. The Labute approximate surface area is 156 Å². The molecule has 0 rings (SSSR count). The molecule has 0 bridgehead atoms. The molecule has 0 aromatic carbocycles. The topological polar surface area (TPSA) is 93.7 Å². The fraction of sp³-hybridized carbons (Fsp3) is 0.737. The molecule has 0 aliphatic carbocycles. The van der Waals surface area contributed by atoms with Crippen LogP contribution < -0.4 is 10.6 Å². The molecule has 0 aromatic heterocycles. The fourth-order valence-corrected chi connectivity index (χ4v) is 1.93. The summed E-state index contributed by atoms with van der Waals surface area (Å²) in [6, 6.07) is -0.580. The molecule has 1 amide bonds. The number of rotatable bonds is 7. The molecule has 0 spiro atoms. The summed E-state index contributed by atoms with van der Waals surface area (Å²) in [6.07, 6.45) is 1.30. The average Bonchev–Trinajstić information content (AvgIpc) is 2.38. The zero-order valence-corrected chi connectivity index (χ0v) is 17.5. The Balaban J connectivity index is 4.73. The van der Waals surface area contributed by atoms with Crippen LogP contribution in [0, 0.1) is 5.92 Å². The lowest BCUT2D eigenvalue weighted by molar-refractivity contribution is -0.158. The molecular formula is C19H34N2O5. The maximum atomic E-state index is 12.3. The number of amides is 1. The van der Waals surface area contributed by atoms with E-state index in [2.05, 4.69) is 10.6 Å². The molecule has 0 saturated heterocycles. The van der Waals surface area contributed by atoms with Gasteiger partial charge in [0.25, 0.3) is 0 Å². The van der Waals surface area contributed by atoms with E-state index >= 15 is 0 Å². The number of nitrogens with one attached hydrogen (secondary N) is 2. The van der Waals surface area contributed by atoms with Gasteiger partial charge in [0.1, 0.15) is 23.8 Å². The highest BCUT2D eigenvalue weighted by molar-refractivity contribution is 5.90. The van der Waals surface area contributed by atoms with Crippen molar-refractivity contribution in [3.05, 3.63) is 11.8 Å².